The fraction of sp³-hybridized carbons (Fsp3) is 0.143. The van der Waals surface area contributed by atoms with Crippen molar-refractivity contribution < 1.29 is 18.1 Å². The van der Waals surface area contributed by atoms with Gasteiger partial charge in [-0.2, -0.15) is 8.42 Å². The van der Waals surface area contributed by atoms with Gasteiger partial charge in [-0.3, -0.25) is 4.55 Å². The van der Waals surface area contributed by atoms with Gasteiger partial charge in [0.15, 0.2) is 0 Å². The molecule has 0 atom stereocenters. The molecule has 0 spiro atoms. The first kappa shape index (κ1) is 10.5. The Morgan fingerprint density at radius 1 is 1.38 bits per heavy atom. The van der Waals surface area contributed by atoms with Crippen LogP contribution in [0.5, 0.6) is 0 Å². The summed E-state index contributed by atoms with van der Waals surface area (Å²) in [6, 6.07) is 3.62. The first-order valence-electron chi connectivity index (χ1n) is 3.29. The lowest BCUT2D eigenvalue weighted by atomic mass is 10.2. The van der Waals surface area contributed by atoms with Gasteiger partial charge in [-0.1, -0.05) is 11.6 Å². The highest BCUT2D eigenvalue weighted by atomic mass is 35.5. The highest BCUT2D eigenvalue weighted by Gasteiger charge is 2.14. The molecule has 1 aromatic carbocycles. The predicted octanol–water partition coefficient (Wildman–Crippen LogP) is 1.52. The van der Waals surface area contributed by atoms with E-state index >= 15 is 0 Å². The Balaban J connectivity index is 3.39. The molecule has 0 fully saturated rings. The van der Waals surface area contributed by atoms with Crippen LogP contribution in [0.4, 0.5) is 0 Å². The molecule has 0 saturated heterocycles. The summed E-state index contributed by atoms with van der Waals surface area (Å²) in [7, 11) is -4.32. The molecule has 6 heteroatoms. The number of rotatable bonds is 2. The molecule has 0 heterocycles. The summed E-state index contributed by atoms with van der Waals surface area (Å²) in [6.45, 7) is -0.740. The van der Waals surface area contributed by atoms with E-state index in [1.165, 1.54) is 12.1 Å². The average Bonchev–Trinajstić information content (AvgIpc) is 2.01. The lowest BCUT2D eigenvalue weighted by molar-refractivity contribution is 0.175. The molecule has 13 heavy (non-hydrogen) atoms. The molecule has 0 aliphatic heterocycles. The standard InChI is InChI=1S/C7H6ClO4S/c8-6-1-2-7(13(10,11)12)5(3-6)4-9/h1-3H,4H2,(H,10,11,12). The van der Waals surface area contributed by atoms with Crippen molar-refractivity contribution in [2.75, 3.05) is 0 Å². The van der Waals surface area contributed by atoms with Crippen LogP contribution in [0.1, 0.15) is 5.56 Å². The smallest absolute Gasteiger partial charge is 0.282 e. The summed E-state index contributed by atoms with van der Waals surface area (Å²) in [5, 5.41) is 10.8. The molecule has 1 aromatic rings. The van der Waals surface area contributed by atoms with Crippen LogP contribution in [0.15, 0.2) is 23.1 Å². The molecule has 4 nitrogen and oxygen atoms in total. The molecule has 0 aliphatic carbocycles. The van der Waals surface area contributed by atoms with Crippen LogP contribution in [0, 0.1) is 0 Å². The molecular formula is C7H6ClO4S. The molecule has 0 unspecified atom stereocenters. The Bertz CT molecular complexity index is 413. The lowest BCUT2D eigenvalue weighted by Gasteiger charge is -2.02. The van der Waals surface area contributed by atoms with Crippen molar-refractivity contribution in [1.82, 2.24) is 0 Å². The third-order valence-corrected chi connectivity index (χ3v) is 2.65. The van der Waals surface area contributed by atoms with E-state index in [0.717, 1.165) is 6.07 Å². The molecule has 0 aromatic heterocycles. The lowest BCUT2D eigenvalue weighted by Crippen LogP contribution is -2.02. The maximum atomic E-state index is 10.7. The Kier molecular flexibility index (Phi) is 2.92. The summed E-state index contributed by atoms with van der Waals surface area (Å²) in [4.78, 5) is -0.382. The highest BCUT2D eigenvalue weighted by Crippen LogP contribution is 2.20. The molecule has 0 amide bonds. The summed E-state index contributed by atoms with van der Waals surface area (Å²) in [5.74, 6) is 0. The van der Waals surface area contributed by atoms with Crippen LogP contribution >= 0.6 is 11.6 Å². The normalized spacial score (nSPS) is 11.6. The average molecular weight is 222 g/mol. The summed E-state index contributed by atoms with van der Waals surface area (Å²) in [6.07, 6.45) is 0. The zero-order valence-corrected chi connectivity index (χ0v) is 7.97. The second kappa shape index (κ2) is 3.63. The fourth-order valence-corrected chi connectivity index (χ4v) is 1.80. The Labute approximate surface area is 80.5 Å². The number of halogens is 1. The highest BCUT2D eigenvalue weighted by molar-refractivity contribution is 7.85. The molecule has 1 radical (unpaired) electrons. The van der Waals surface area contributed by atoms with Crippen molar-refractivity contribution >= 4 is 21.7 Å². The van der Waals surface area contributed by atoms with Gasteiger partial charge in [0.1, 0.15) is 6.61 Å². The molecule has 1 N–H and O–H groups in total. The van der Waals surface area contributed by atoms with Gasteiger partial charge in [0, 0.05) is 10.6 Å². The zero-order chi connectivity index (χ0) is 10.1. The minimum Gasteiger partial charge on any atom is -0.282 e. The van der Waals surface area contributed by atoms with E-state index in [1.54, 1.807) is 0 Å². The predicted molar refractivity (Wildman–Crippen MR) is 45.7 cm³/mol. The quantitative estimate of drug-likeness (QED) is 0.770. The van der Waals surface area contributed by atoms with Gasteiger partial charge in [0.25, 0.3) is 10.1 Å². The number of benzene rings is 1. The summed E-state index contributed by atoms with van der Waals surface area (Å²) in [5.41, 5.74) is -0.0324. The van der Waals surface area contributed by atoms with E-state index in [0.29, 0.717) is 0 Å². The van der Waals surface area contributed by atoms with E-state index in [-0.39, 0.29) is 15.5 Å². The van der Waals surface area contributed by atoms with Crippen LogP contribution in [0.25, 0.3) is 0 Å². The van der Waals surface area contributed by atoms with Gasteiger partial charge >= 0.3 is 0 Å². The second-order valence-electron chi connectivity index (χ2n) is 2.37. The van der Waals surface area contributed by atoms with Crippen LogP contribution in [-0.4, -0.2) is 13.0 Å². The first-order valence-corrected chi connectivity index (χ1v) is 5.11. The summed E-state index contributed by atoms with van der Waals surface area (Å²) >= 11 is 5.53. The molecule has 0 aliphatic rings. The second-order valence-corrected chi connectivity index (χ2v) is 4.20. The van der Waals surface area contributed by atoms with Gasteiger partial charge in [0.05, 0.1) is 4.90 Å². The van der Waals surface area contributed by atoms with Gasteiger partial charge in [-0.05, 0) is 18.2 Å². The molecule has 71 valence electrons. The Hall–Kier alpha value is -0.620. The van der Waals surface area contributed by atoms with Crippen LogP contribution in [-0.2, 0) is 21.8 Å². The zero-order valence-electron chi connectivity index (χ0n) is 6.40. The largest absolute Gasteiger partial charge is 0.294 e. The van der Waals surface area contributed by atoms with E-state index in [4.69, 9.17) is 16.2 Å². The van der Waals surface area contributed by atoms with Gasteiger partial charge in [0.2, 0.25) is 0 Å². The van der Waals surface area contributed by atoms with Crippen molar-refractivity contribution in [3.8, 4) is 0 Å². The maximum absolute atomic E-state index is 10.7. The number of hydrogen-bond acceptors (Lipinski definition) is 2. The van der Waals surface area contributed by atoms with Crippen LogP contribution in [0.3, 0.4) is 0 Å². The Morgan fingerprint density at radius 2 is 2.00 bits per heavy atom. The van der Waals surface area contributed by atoms with Crippen LogP contribution in [0.2, 0.25) is 5.02 Å². The van der Waals surface area contributed by atoms with Crippen molar-refractivity contribution in [3.63, 3.8) is 0 Å². The fourth-order valence-electron chi connectivity index (χ4n) is 0.912. The number of hydrogen-bond donors (Lipinski definition) is 1. The Morgan fingerprint density at radius 3 is 2.46 bits per heavy atom. The maximum Gasteiger partial charge on any atom is 0.294 e. The van der Waals surface area contributed by atoms with Crippen molar-refractivity contribution in [2.45, 2.75) is 11.5 Å². The minimum atomic E-state index is -4.32. The van der Waals surface area contributed by atoms with E-state index < -0.39 is 16.7 Å². The van der Waals surface area contributed by atoms with E-state index in [9.17, 15) is 13.5 Å². The topological polar surface area (TPSA) is 74.3 Å². The first-order chi connectivity index (χ1) is 5.95. The van der Waals surface area contributed by atoms with Crippen LogP contribution < -0.4 is 0 Å². The molecule has 1 rings (SSSR count). The molecular weight excluding hydrogens is 216 g/mol. The van der Waals surface area contributed by atoms with Gasteiger partial charge < -0.3 is 0 Å². The van der Waals surface area contributed by atoms with E-state index in [1.807, 2.05) is 0 Å². The van der Waals surface area contributed by atoms with Gasteiger partial charge in [-0.15, -0.1) is 0 Å². The SMILES string of the molecule is [O]Cc1cc(Cl)ccc1S(=O)(=O)O. The summed E-state index contributed by atoms with van der Waals surface area (Å²) < 4.78 is 30.1. The third kappa shape index (κ3) is 2.41. The third-order valence-electron chi connectivity index (χ3n) is 1.46. The molecule has 0 saturated carbocycles. The van der Waals surface area contributed by atoms with Crippen molar-refractivity contribution in [2.24, 2.45) is 0 Å². The monoisotopic (exact) mass is 221 g/mol. The van der Waals surface area contributed by atoms with Crippen molar-refractivity contribution in [3.05, 3.63) is 28.8 Å². The molecule has 0 bridgehead atoms. The minimum absolute atomic E-state index is 0.0324. The van der Waals surface area contributed by atoms with E-state index in [2.05, 4.69) is 0 Å². The van der Waals surface area contributed by atoms with Crippen molar-refractivity contribution in [1.29, 1.82) is 0 Å². The van der Waals surface area contributed by atoms with Gasteiger partial charge in [-0.25, -0.2) is 5.11 Å².